The molecular formula is C12H16N. The van der Waals surface area contributed by atoms with Crippen LogP contribution < -0.4 is 0 Å². The summed E-state index contributed by atoms with van der Waals surface area (Å²) in [6, 6.07) is 10.7. The second kappa shape index (κ2) is 3.93. The topological polar surface area (TPSA) is 3.24 Å². The molecule has 1 fully saturated rings. The first kappa shape index (κ1) is 8.76. The van der Waals surface area contributed by atoms with E-state index in [0.717, 1.165) is 19.0 Å². The van der Waals surface area contributed by atoms with Crippen molar-refractivity contribution in [2.45, 2.75) is 13.5 Å². The molecule has 1 atom stereocenters. The summed E-state index contributed by atoms with van der Waals surface area (Å²) in [6.07, 6.45) is 2.39. The maximum atomic E-state index is 2.49. The number of hydrogen-bond donors (Lipinski definition) is 0. The Labute approximate surface area is 80.4 Å². The summed E-state index contributed by atoms with van der Waals surface area (Å²) in [6.45, 7) is 5.75. The Morgan fingerprint density at radius 3 is 2.69 bits per heavy atom. The summed E-state index contributed by atoms with van der Waals surface area (Å²) >= 11 is 0. The predicted molar refractivity (Wildman–Crippen MR) is 55.2 cm³/mol. The van der Waals surface area contributed by atoms with Gasteiger partial charge in [0, 0.05) is 19.6 Å². The molecule has 13 heavy (non-hydrogen) atoms. The van der Waals surface area contributed by atoms with Crippen LogP contribution in [0.2, 0.25) is 0 Å². The van der Waals surface area contributed by atoms with E-state index < -0.39 is 0 Å². The van der Waals surface area contributed by atoms with Gasteiger partial charge in [-0.05, 0) is 17.9 Å². The lowest BCUT2D eigenvalue weighted by Crippen LogP contribution is -2.19. The van der Waals surface area contributed by atoms with Crippen LogP contribution in [0.4, 0.5) is 0 Å². The standard InChI is InChI=1S/C12H16N/c1-11-7-8-13(9-11)10-12-5-3-2-4-6-12/h2-7,11H,8-10H2,1H3. The molecule has 1 aliphatic heterocycles. The zero-order valence-corrected chi connectivity index (χ0v) is 8.11. The molecule has 2 rings (SSSR count). The zero-order chi connectivity index (χ0) is 9.10. The van der Waals surface area contributed by atoms with Gasteiger partial charge in [-0.15, -0.1) is 0 Å². The average molecular weight is 174 g/mol. The lowest BCUT2D eigenvalue weighted by molar-refractivity contribution is 0.322. The molecule has 0 amide bonds. The fraction of sp³-hybridized carbons (Fsp3) is 0.417. The van der Waals surface area contributed by atoms with Gasteiger partial charge in [-0.1, -0.05) is 37.3 Å². The number of likely N-dealkylation sites (tertiary alicyclic amines) is 1. The molecule has 0 saturated carbocycles. The molecule has 1 aromatic rings. The van der Waals surface area contributed by atoms with Crippen LogP contribution in [-0.2, 0) is 6.54 Å². The van der Waals surface area contributed by atoms with Crippen molar-refractivity contribution < 1.29 is 0 Å². The fourth-order valence-corrected chi connectivity index (χ4v) is 1.86. The Morgan fingerprint density at radius 1 is 1.31 bits per heavy atom. The van der Waals surface area contributed by atoms with Crippen molar-refractivity contribution in [3.63, 3.8) is 0 Å². The minimum absolute atomic E-state index is 0.767. The highest BCUT2D eigenvalue weighted by Crippen LogP contribution is 2.16. The smallest absolute Gasteiger partial charge is 0.0233 e. The van der Waals surface area contributed by atoms with Crippen molar-refractivity contribution in [2.24, 2.45) is 5.92 Å². The van der Waals surface area contributed by atoms with Gasteiger partial charge in [-0.3, -0.25) is 4.90 Å². The lowest BCUT2D eigenvalue weighted by atomic mass is 10.2. The Kier molecular flexibility index (Phi) is 2.65. The molecule has 1 aromatic carbocycles. The molecule has 0 N–H and O–H groups in total. The summed E-state index contributed by atoms with van der Waals surface area (Å²) in [5.41, 5.74) is 1.42. The Bertz CT molecular complexity index is 255. The highest BCUT2D eigenvalue weighted by Gasteiger charge is 2.18. The van der Waals surface area contributed by atoms with E-state index in [1.54, 1.807) is 0 Å². The van der Waals surface area contributed by atoms with Crippen molar-refractivity contribution >= 4 is 0 Å². The predicted octanol–water partition coefficient (Wildman–Crippen LogP) is 2.34. The largest absolute Gasteiger partial charge is 0.299 e. The molecule has 1 radical (unpaired) electrons. The first-order chi connectivity index (χ1) is 6.34. The van der Waals surface area contributed by atoms with E-state index >= 15 is 0 Å². The van der Waals surface area contributed by atoms with Crippen molar-refractivity contribution in [3.05, 3.63) is 42.3 Å². The van der Waals surface area contributed by atoms with Crippen LogP contribution in [0.1, 0.15) is 12.5 Å². The number of hydrogen-bond acceptors (Lipinski definition) is 1. The molecule has 69 valence electrons. The maximum absolute atomic E-state index is 2.49. The fourth-order valence-electron chi connectivity index (χ4n) is 1.86. The van der Waals surface area contributed by atoms with Crippen LogP contribution in [0.5, 0.6) is 0 Å². The Balaban J connectivity index is 1.92. The van der Waals surface area contributed by atoms with Crippen LogP contribution in [-0.4, -0.2) is 18.0 Å². The minimum Gasteiger partial charge on any atom is -0.299 e. The van der Waals surface area contributed by atoms with Crippen LogP contribution in [0.15, 0.2) is 30.3 Å². The molecule has 1 aliphatic rings. The number of rotatable bonds is 2. The number of benzene rings is 1. The van der Waals surface area contributed by atoms with Gasteiger partial charge < -0.3 is 0 Å². The average Bonchev–Trinajstić information content (AvgIpc) is 2.53. The van der Waals surface area contributed by atoms with Gasteiger partial charge in [0.1, 0.15) is 0 Å². The highest BCUT2D eigenvalue weighted by atomic mass is 15.1. The van der Waals surface area contributed by atoms with E-state index in [4.69, 9.17) is 0 Å². The van der Waals surface area contributed by atoms with Gasteiger partial charge in [-0.2, -0.15) is 0 Å². The molecule has 0 bridgehead atoms. The van der Waals surface area contributed by atoms with Gasteiger partial charge in [0.2, 0.25) is 0 Å². The first-order valence-corrected chi connectivity index (χ1v) is 4.94. The quantitative estimate of drug-likeness (QED) is 0.665. The second-order valence-corrected chi connectivity index (χ2v) is 3.89. The molecule has 1 heteroatoms. The zero-order valence-electron chi connectivity index (χ0n) is 8.11. The third-order valence-corrected chi connectivity index (χ3v) is 2.56. The summed E-state index contributed by atoms with van der Waals surface area (Å²) in [5, 5.41) is 0. The lowest BCUT2D eigenvalue weighted by Gasteiger charge is -2.14. The molecule has 1 saturated heterocycles. The molecular weight excluding hydrogens is 158 g/mol. The van der Waals surface area contributed by atoms with E-state index in [2.05, 4.69) is 48.6 Å². The van der Waals surface area contributed by atoms with Gasteiger partial charge in [0.15, 0.2) is 0 Å². The van der Waals surface area contributed by atoms with Crippen LogP contribution >= 0.6 is 0 Å². The van der Waals surface area contributed by atoms with E-state index in [1.165, 1.54) is 12.1 Å². The summed E-state index contributed by atoms with van der Waals surface area (Å²) in [4.78, 5) is 2.49. The van der Waals surface area contributed by atoms with E-state index in [9.17, 15) is 0 Å². The Hall–Kier alpha value is -0.820. The van der Waals surface area contributed by atoms with Crippen LogP contribution in [0, 0.1) is 12.3 Å². The normalized spacial score (nSPS) is 23.6. The van der Waals surface area contributed by atoms with Crippen molar-refractivity contribution in [2.75, 3.05) is 13.1 Å². The Morgan fingerprint density at radius 2 is 2.08 bits per heavy atom. The van der Waals surface area contributed by atoms with Gasteiger partial charge >= 0.3 is 0 Å². The molecule has 0 spiro atoms. The molecule has 1 nitrogen and oxygen atoms in total. The maximum Gasteiger partial charge on any atom is 0.0233 e. The highest BCUT2D eigenvalue weighted by molar-refractivity contribution is 5.14. The number of nitrogens with zero attached hydrogens (tertiary/aromatic N) is 1. The third-order valence-electron chi connectivity index (χ3n) is 2.56. The SMILES string of the molecule is CC1[CH]CN(Cc2ccccc2)C1. The summed E-state index contributed by atoms with van der Waals surface area (Å²) < 4.78 is 0. The van der Waals surface area contributed by atoms with Crippen molar-refractivity contribution in [1.82, 2.24) is 4.90 Å². The third kappa shape index (κ3) is 2.31. The van der Waals surface area contributed by atoms with E-state index in [-0.39, 0.29) is 0 Å². The molecule has 0 aromatic heterocycles. The summed E-state index contributed by atoms with van der Waals surface area (Å²) in [7, 11) is 0. The molecule has 1 unspecified atom stereocenters. The minimum atomic E-state index is 0.767. The van der Waals surface area contributed by atoms with Crippen molar-refractivity contribution in [3.8, 4) is 0 Å². The van der Waals surface area contributed by atoms with Gasteiger partial charge in [-0.25, -0.2) is 0 Å². The van der Waals surface area contributed by atoms with Crippen LogP contribution in [0.25, 0.3) is 0 Å². The van der Waals surface area contributed by atoms with E-state index in [1.807, 2.05) is 0 Å². The van der Waals surface area contributed by atoms with Gasteiger partial charge in [0.25, 0.3) is 0 Å². The first-order valence-electron chi connectivity index (χ1n) is 4.94. The monoisotopic (exact) mass is 174 g/mol. The molecule has 1 heterocycles. The van der Waals surface area contributed by atoms with Gasteiger partial charge in [0.05, 0.1) is 0 Å². The molecule has 0 aliphatic carbocycles. The van der Waals surface area contributed by atoms with Crippen LogP contribution in [0.3, 0.4) is 0 Å². The van der Waals surface area contributed by atoms with E-state index in [0.29, 0.717) is 0 Å². The summed E-state index contributed by atoms with van der Waals surface area (Å²) in [5.74, 6) is 0.767. The van der Waals surface area contributed by atoms with Crippen molar-refractivity contribution in [1.29, 1.82) is 0 Å². The second-order valence-electron chi connectivity index (χ2n) is 3.89.